The minimum Gasteiger partial charge on any atom is -0.348 e. The monoisotopic (exact) mass is 277 g/mol. The van der Waals surface area contributed by atoms with E-state index in [2.05, 4.69) is 32.3 Å². The quantitative estimate of drug-likeness (QED) is 0.869. The first-order valence-corrected chi connectivity index (χ1v) is 6.99. The average molecular weight is 277 g/mol. The summed E-state index contributed by atoms with van der Waals surface area (Å²) in [5.74, 6) is 0. The highest BCUT2D eigenvalue weighted by atomic mass is 32.1. The van der Waals surface area contributed by atoms with Crippen LogP contribution >= 0.6 is 11.3 Å². The fraction of sp³-hybridized carbons (Fsp3) is 0.417. The van der Waals surface area contributed by atoms with E-state index in [1.54, 1.807) is 0 Å². The molecule has 0 saturated carbocycles. The number of aryl methyl sites for hydroxylation is 1. The summed E-state index contributed by atoms with van der Waals surface area (Å²) in [5.41, 5.74) is 1.16. The number of anilines is 1. The molecule has 0 radical (unpaired) electrons. The molecule has 7 heteroatoms. The second-order valence-electron chi connectivity index (χ2n) is 4.55. The number of hydrogen-bond donors (Lipinski definition) is 1. The number of carbonyl (C=O) groups is 1. The summed E-state index contributed by atoms with van der Waals surface area (Å²) in [6.45, 7) is 5.43. The first kappa shape index (κ1) is 12.2. The Kier molecular flexibility index (Phi) is 2.98. The van der Waals surface area contributed by atoms with Gasteiger partial charge >= 0.3 is 6.03 Å². The molecule has 6 nitrogen and oxygen atoms in total. The number of nitrogens with zero attached hydrogens (tertiary/aromatic N) is 4. The van der Waals surface area contributed by atoms with Gasteiger partial charge in [0, 0.05) is 25.0 Å². The van der Waals surface area contributed by atoms with Crippen molar-refractivity contribution in [2.45, 2.75) is 26.4 Å². The average Bonchev–Trinajstić information content (AvgIpc) is 2.99. The van der Waals surface area contributed by atoms with Crippen LogP contribution in [0.15, 0.2) is 18.3 Å². The molecule has 0 aromatic carbocycles. The van der Waals surface area contributed by atoms with Crippen molar-refractivity contribution in [3.63, 3.8) is 0 Å². The molecule has 0 bridgehead atoms. The number of nitrogens with one attached hydrogen (secondary N) is 1. The van der Waals surface area contributed by atoms with Crippen LogP contribution in [0.3, 0.4) is 0 Å². The standard InChI is InChI=1S/C12H15N5OS/c1-8-10-4-3-5-16(10)6-7-17(8)12(18)13-11-15-14-9(2)19-11/h3-5,8H,6-7H2,1-2H3,(H,13,15,18)/t8-/m0/s1. The first-order chi connectivity index (χ1) is 9.15. The number of hydrogen-bond acceptors (Lipinski definition) is 4. The Morgan fingerprint density at radius 1 is 1.47 bits per heavy atom. The van der Waals surface area contributed by atoms with Gasteiger partial charge in [-0.1, -0.05) is 11.3 Å². The van der Waals surface area contributed by atoms with Gasteiger partial charge in [0.25, 0.3) is 0 Å². The SMILES string of the molecule is Cc1nnc(NC(=O)N2CCn3cccc3[C@@H]2C)s1. The van der Waals surface area contributed by atoms with Crippen LogP contribution in [0.2, 0.25) is 0 Å². The van der Waals surface area contributed by atoms with Gasteiger partial charge in [0.15, 0.2) is 0 Å². The zero-order chi connectivity index (χ0) is 13.4. The Morgan fingerprint density at radius 3 is 3.05 bits per heavy atom. The third-order valence-electron chi connectivity index (χ3n) is 3.34. The van der Waals surface area contributed by atoms with Crippen molar-refractivity contribution >= 4 is 22.5 Å². The van der Waals surface area contributed by atoms with Crippen LogP contribution in [-0.4, -0.2) is 32.2 Å². The van der Waals surface area contributed by atoms with Gasteiger partial charge in [-0.05, 0) is 26.0 Å². The molecule has 3 rings (SSSR count). The number of carbonyl (C=O) groups excluding carboxylic acids is 1. The van der Waals surface area contributed by atoms with Gasteiger partial charge in [-0.25, -0.2) is 4.79 Å². The molecule has 0 saturated heterocycles. The summed E-state index contributed by atoms with van der Waals surface area (Å²) in [7, 11) is 0. The van der Waals surface area contributed by atoms with Crippen LogP contribution in [0.5, 0.6) is 0 Å². The number of aromatic nitrogens is 3. The van der Waals surface area contributed by atoms with E-state index >= 15 is 0 Å². The third-order valence-corrected chi connectivity index (χ3v) is 4.10. The summed E-state index contributed by atoms with van der Waals surface area (Å²) in [4.78, 5) is 14.1. The maximum atomic E-state index is 12.3. The molecule has 19 heavy (non-hydrogen) atoms. The van der Waals surface area contributed by atoms with Crippen LogP contribution in [0, 0.1) is 6.92 Å². The molecule has 0 fully saturated rings. The second-order valence-corrected chi connectivity index (χ2v) is 5.73. The van der Waals surface area contributed by atoms with Crippen molar-refractivity contribution < 1.29 is 4.79 Å². The highest BCUT2D eigenvalue weighted by Crippen LogP contribution is 2.26. The van der Waals surface area contributed by atoms with Crippen LogP contribution in [0.4, 0.5) is 9.93 Å². The maximum absolute atomic E-state index is 12.3. The minimum atomic E-state index is -0.115. The zero-order valence-electron chi connectivity index (χ0n) is 10.8. The summed E-state index contributed by atoms with van der Waals surface area (Å²) < 4.78 is 2.18. The van der Waals surface area contributed by atoms with Crippen molar-refractivity contribution in [2.24, 2.45) is 0 Å². The lowest BCUT2D eigenvalue weighted by molar-refractivity contribution is 0.175. The summed E-state index contributed by atoms with van der Waals surface area (Å²) in [5, 5.41) is 12.0. The lowest BCUT2D eigenvalue weighted by atomic mass is 10.1. The predicted molar refractivity (Wildman–Crippen MR) is 73.2 cm³/mol. The highest BCUT2D eigenvalue weighted by Gasteiger charge is 2.27. The number of amides is 2. The molecule has 1 aliphatic rings. The molecule has 2 aromatic heterocycles. The molecule has 1 aliphatic heterocycles. The van der Waals surface area contributed by atoms with Gasteiger partial charge in [0.1, 0.15) is 5.01 Å². The normalized spacial score (nSPS) is 18.2. The molecule has 0 aliphatic carbocycles. The lowest BCUT2D eigenvalue weighted by Gasteiger charge is -2.34. The van der Waals surface area contributed by atoms with Gasteiger partial charge in [0.05, 0.1) is 6.04 Å². The highest BCUT2D eigenvalue weighted by molar-refractivity contribution is 7.15. The van der Waals surface area contributed by atoms with E-state index in [-0.39, 0.29) is 12.1 Å². The Labute approximate surface area is 115 Å². The summed E-state index contributed by atoms with van der Waals surface area (Å²) in [6, 6.07) is 4.02. The summed E-state index contributed by atoms with van der Waals surface area (Å²) in [6.07, 6.45) is 2.05. The number of rotatable bonds is 1. The topological polar surface area (TPSA) is 63.1 Å². The number of urea groups is 1. The van der Waals surface area contributed by atoms with Gasteiger partial charge in [-0.15, -0.1) is 10.2 Å². The van der Waals surface area contributed by atoms with Crippen molar-refractivity contribution in [3.05, 3.63) is 29.0 Å². The lowest BCUT2D eigenvalue weighted by Crippen LogP contribution is -2.42. The van der Waals surface area contributed by atoms with E-state index in [9.17, 15) is 4.79 Å². The van der Waals surface area contributed by atoms with Crippen molar-refractivity contribution in [2.75, 3.05) is 11.9 Å². The molecule has 1 atom stereocenters. The Morgan fingerprint density at radius 2 is 2.32 bits per heavy atom. The van der Waals surface area contributed by atoms with E-state index in [0.717, 1.165) is 17.2 Å². The largest absolute Gasteiger partial charge is 0.348 e. The summed E-state index contributed by atoms with van der Waals surface area (Å²) >= 11 is 1.38. The van der Waals surface area contributed by atoms with Crippen molar-refractivity contribution in [3.8, 4) is 0 Å². The molecule has 1 N–H and O–H groups in total. The molecule has 2 amide bonds. The molecular weight excluding hydrogens is 262 g/mol. The Balaban J connectivity index is 1.74. The van der Waals surface area contributed by atoms with E-state index in [4.69, 9.17) is 0 Å². The molecule has 100 valence electrons. The zero-order valence-corrected chi connectivity index (χ0v) is 11.6. The van der Waals surface area contributed by atoms with Crippen LogP contribution in [-0.2, 0) is 6.54 Å². The van der Waals surface area contributed by atoms with Gasteiger partial charge < -0.3 is 9.47 Å². The maximum Gasteiger partial charge on any atom is 0.324 e. The second kappa shape index (κ2) is 4.65. The van der Waals surface area contributed by atoms with E-state index < -0.39 is 0 Å². The van der Waals surface area contributed by atoms with E-state index in [1.165, 1.54) is 11.3 Å². The minimum absolute atomic E-state index is 0.0674. The van der Waals surface area contributed by atoms with Gasteiger partial charge in [-0.2, -0.15) is 0 Å². The van der Waals surface area contributed by atoms with E-state index in [0.29, 0.717) is 11.7 Å². The fourth-order valence-corrected chi connectivity index (χ4v) is 2.95. The first-order valence-electron chi connectivity index (χ1n) is 6.18. The fourth-order valence-electron chi connectivity index (χ4n) is 2.37. The molecule has 2 aromatic rings. The van der Waals surface area contributed by atoms with Gasteiger partial charge in [0.2, 0.25) is 5.13 Å². The predicted octanol–water partition coefficient (Wildman–Crippen LogP) is 2.26. The van der Waals surface area contributed by atoms with Crippen LogP contribution < -0.4 is 5.32 Å². The molecule has 0 spiro atoms. The Hall–Kier alpha value is -1.89. The molecule has 3 heterocycles. The number of fused-ring (bicyclic) bond motifs is 1. The van der Waals surface area contributed by atoms with Crippen molar-refractivity contribution in [1.82, 2.24) is 19.7 Å². The van der Waals surface area contributed by atoms with Crippen molar-refractivity contribution in [1.29, 1.82) is 0 Å². The van der Waals surface area contributed by atoms with Gasteiger partial charge in [-0.3, -0.25) is 5.32 Å². The molecular formula is C12H15N5OS. The molecule has 0 unspecified atom stereocenters. The van der Waals surface area contributed by atoms with Crippen LogP contribution in [0.1, 0.15) is 23.7 Å². The third kappa shape index (κ3) is 2.21. The smallest absolute Gasteiger partial charge is 0.324 e. The Bertz CT molecular complexity index is 605. The van der Waals surface area contributed by atoms with E-state index in [1.807, 2.05) is 24.8 Å². The van der Waals surface area contributed by atoms with Crippen LogP contribution in [0.25, 0.3) is 0 Å².